The van der Waals surface area contributed by atoms with Gasteiger partial charge < -0.3 is 14.6 Å². The minimum absolute atomic E-state index is 0.0919. The van der Waals surface area contributed by atoms with Gasteiger partial charge in [0.15, 0.2) is 11.5 Å². The maximum atomic E-state index is 11.0. The molecule has 1 aliphatic heterocycles. The molecule has 1 unspecified atom stereocenters. The van der Waals surface area contributed by atoms with E-state index < -0.39 is 15.9 Å². The molecule has 1 heterocycles. The monoisotopic (exact) mass is 272 g/mol. The Hall–Kier alpha value is -1.27. The molecule has 1 aromatic carbocycles. The van der Waals surface area contributed by atoms with Gasteiger partial charge in [-0.1, -0.05) is 6.07 Å². The Bertz CT molecular complexity index is 523. The number of aliphatic hydroxyl groups excluding tert-OH is 1. The van der Waals surface area contributed by atoms with Crippen molar-refractivity contribution in [2.75, 3.05) is 18.8 Å². The summed E-state index contributed by atoms with van der Waals surface area (Å²) in [4.78, 5) is 0. The van der Waals surface area contributed by atoms with Crippen LogP contribution >= 0.6 is 0 Å². The fourth-order valence-electron chi connectivity index (χ4n) is 1.83. The Morgan fingerprint density at radius 2 is 2.06 bits per heavy atom. The molecule has 5 nitrogen and oxygen atoms in total. The summed E-state index contributed by atoms with van der Waals surface area (Å²) >= 11 is 0. The van der Waals surface area contributed by atoms with Crippen molar-refractivity contribution in [2.45, 2.75) is 18.9 Å². The third-order valence-electron chi connectivity index (χ3n) is 2.77. The highest BCUT2D eigenvalue weighted by Gasteiger charge is 2.16. The van der Waals surface area contributed by atoms with Crippen molar-refractivity contribution in [3.8, 4) is 11.5 Å². The van der Waals surface area contributed by atoms with Gasteiger partial charge in [0.1, 0.15) is 9.84 Å². The van der Waals surface area contributed by atoms with Gasteiger partial charge in [-0.05, 0) is 30.5 Å². The largest absolute Gasteiger partial charge is 0.454 e. The van der Waals surface area contributed by atoms with Crippen molar-refractivity contribution < 1.29 is 23.0 Å². The Labute approximate surface area is 106 Å². The van der Waals surface area contributed by atoms with Crippen LogP contribution in [-0.2, 0) is 9.84 Å². The first kappa shape index (κ1) is 13.2. The second-order valence-corrected chi connectivity index (χ2v) is 6.66. The van der Waals surface area contributed by atoms with Crippen LogP contribution in [-0.4, -0.2) is 32.3 Å². The predicted molar refractivity (Wildman–Crippen MR) is 66.5 cm³/mol. The highest BCUT2D eigenvalue weighted by molar-refractivity contribution is 7.90. The molecule has 1 aliphatic rings. The van der Waals surface area contributed by atoms with Crippen LogP contribution in [0, 0.1) is 0 Å². The van der Waals surface area contributed by atoms with Gasteiger partial charge in [0.25, 0.3) is 0 Å². The highest BCUT2D eigenvalue weighted by atomic mass is 32.2. The van der Waals surface area contributed by atoms with E-state index in [0.29, 0.717) is 29.9 Å². The summed E-state index contributed by atoms with van der Waals surface area (Å²) in [6.07, 6.45) is 1.36. The van der Waals surface area contributed by atoms with E-state index in [9.17, 15) is 13.5 Å². The average Bonchev–Trinajstić information content (AvgIpc) is 2.73. The lowest BCUT2D eigenvalue weighted by Crippen LogP contribution is -2.05. The Morgan fingerprint density at radius 1 is 1.33 bits per heavy atom. The van der Waals surface area contributed by atoms with E-state index in [4.69, 9.17) is 9.47 Å². The Morgan fingerprint density at radius 3 is 2.78 bits per heavy atom. The summed E-state index contributed by atoms with van der Waals surface area (Å²) in [6, 6.07) is 5.24. The molecule has 0 fully saturated rings. The van der Waals surface area contributed by atoms with Crippen molar-refractivity contribution in [1.82, 2.24) is 0 Å². The zero-order valence-electron chi connectivity index (χ0n) is 10.1. The Kier molecular flexibility index (Phi) is 3.77. The van der Waals surface area contributed by atoms with Crippen LogP contribution in [0.3, 0.4) is 0 Å². The minimum Gasteiger partial charge on any atom is -0.454 e. The lowest BCUT2D eigenvalue weighted by molar-refractivity contribution is 0.165. The van der Waals surface area contributed by atoms with Crippen molar-refractivity contribution in [3.05, 3.63) is 23.8 Å². The number of fused-ring (bicyclic) bond motifs is 1. The SMILES string of the molecule is CS(=O)(=O)CCCC(O)c1ccc2c(c1)OCO2. The first-order valence-electron chi connectivity index (χ1n) is 5.71. The van der Waals surface area contributed by atoms with Crippen LogP contribution in [0.4, 0.5) is 0 Å². The Balaban J connectivity index is 1.95. The molecule has 2 rings (SSSR count). The summed E-state index contributed by atoms with van der Waals surface area (Å²) in [7, 11) is -2.97. The summed E-state index contributed by atoms with van der Waals surface area (Å²) in [6.45, 7) is 0.197. The van der Waals surface area contributed by atoms with Gasteiger partial charge in [0.05, 0.1) is 6.10 Å². The number of hydrogen-bond donors (Lipinski definition) is 1. The topological polar surface area (TPSA) is 72.8 Å². The fraction of sp³-hybridized carbons (Fsp3) is 0.500. The second-order valence-electron chi connectivity index (χ2n) is 4.40. The molecule has 0 saturated heterocycles. The van der Waals surface area contributed by atoms with Crippen molar-refractivity contribution in [2.24, 2.45) is 0 Å². The van der Waals surface area contributed by atoms with Gasteiger partial charge in [0, 0.05) is 12.0 Å². The quantitative estimate of drug-likeness (QED) is 0.874. The lowest BCUT2D eigenvalue weighted by Gasteiger charge is -2.11. The van der Waals surface area contributed by atoms with E-state index in [0.717, 1.165) is 0 Å². The first-order valence-corrected chi connectivity index (χ1v) is 7.77. The van der Waals surface area contributed by atoms with Crippen molar-refractivity contribution in [3.63, 3.8) is 0 Å². The van der Waals surface area contributed by atoms with Crippen LogP contribution in [0.5, 0.6) is 11.5 Å². The number of sulfone groups is 1. The number of ether oxygens (including phenoxy) is 2. The van der Waals surface area contributed by atoms with Crippen LogP contribution in [0.1, 0.15) is 24.5 Å². The normalized spacial score (nSPS) is 15.7. The molecule has 0 saturated carbocycles. The van der Waals surface area contributed by atoms with E-state index in [-0.39, 0.29) is 12.5 Å². The third kappa shape index (κ3) is 3.36. The van der Waals surface area contributed by atoms with Gasteiger partial charge in [-0.3, -0.25) is 0 Å². The maximum absolute atomic E-state index is 11.0. The van der Waals surface area contributed by atoms with Crippen molar-refractivity contribution in [1.29, 1.82) is 0 Å². The molecule has 1 atom stereocenters. The van der Waals surface area contributed by atoms with E-state index in [1.165, 1.54) is 6.26 Å². The minimum atomic E-state index is -2.97. The number of rotatable bonds is 5. The molecular weight excluding hydrogens is 256 g/mol. The maximum Gasteiger partial charge on any atom is 0.231 e. The molecule has 0 aromatic heterocycles. The summed E-state index contributed by atoms with van der Waals surface area (Å²) in [5.41, 5.74) is 0.716. The molecule has 18 heavy (non-hydrogen) atoms. The van der Waals surface area contributed by atoms with Crippen molar-refractivity contribution >= 4 is 9.84 Å². The van der Waals surface area contributed by atoms with E-state index in [2.05, 4.69) is 0 Å². The predicted octanol–water partition coefficient (Wildman–Crippen LogP) is 1.27. The van der Waals surface area contributed by atoms with E-state index in [1.54, 1.807) is 18.2 Å². The van der Waals surface area contributed by atoms with Gasteiger partial charge in [-0.15, -0.1) is 0 Å². The van der Waals surface area contributed by atoms with Gasteiger partial charge >= 0.3 is 0 Å². The molecule has 0 radical (unpaired) electrons. The molecule has 1 N–H and O–H groups in total. The molecule has 100 valence electrons. The summed E-state index contributed by atoms with van der Waals surface area (Å²) < 4.78 is 32.4. The van der Waals surface area contributed by atoms with Crippen LogP contribution < -0.4 is 9.47 Å². The van der Waals surface area contributed by atoms with Crippen LogP contribution in [0.25, 0.3) is 0 Å². The molecule has 6 heteroatoms. The molecule has 0 spiro atoms. The zero-order chi connectivity index (χ0) is 13.2. The highest BCUT2D eigenvalue weighted by Crippen LogP contribution is 2.34. The van der Waals surface area contributed by atoms with E-state index in [1.807, 2.05) is 0 Å². The first-order chi connectivity index (χ1) is 8.46. The van der Waals surface area contributed by atoms with Gasteiger partial charge in [0.2, 0.25) is 6.79 Å². The molecule has 1 aromatic rings. The number of aliphatic hydroxyl groups is 1. The standard InChI is InChI=1S/C12H16O5S/c1-18(14,15)6-2-3-10(13)9-4-5-11-12(7-9)17-8-16-11/h4-5,7,10,13H,2-3,6,8H2,1H3. The average molecular weight is 272 g/mol. The van der Waals surface area contributed by atoms with Crippen LogP contribution in [0.2, 0.25) is 0 Å². The third-order valence-corrected chi connectivity index (χ3v) is 3.80. The molecular formula is C12H16O5S. The lowest BCUT2D eigenvalue weighted by atomic mass is 10.0. The molecule has 0 bridgehead atoms. The summed E-state index contributed by atoms with van der Waals surface area (Å²) in [5.74, 6) is 1.38. The smallest absolute Gasteiger partial charge is 0.231 e. The fourth-order valence-corrected chi connectivity index (χ4v) is 2.52. The van der Waals surface area contributed by atoms with E-state index >= 15 is 0 Å². The van der Waals surface area contributed by atoms with Crippen LogP contribution in [0.15, 0.2) is 18.2 Å². The second kappa shape index (κ2) is 5.16. The number of hydrogen-bond acceptors (Lipinski definition) is 5. The molecule has 0 aliphatic carbocycles. The van der Waals surface area contributed by atoms with Gasteiger partial charge in [-0.25, -0.2) is 8.42 Å². The number of benzene rings is 1. The summed E-state index contributed by atoms with van der Waals surface area (Å²) in [5, 5.41) is 9.96. The van der Waals surface area contributed by atoms with Gasteiger partial charge in [-0.2, -0.15) is 0 Å². The zero-order valence-corrected chi connectivity index (χ0v) is 10.9. The molecule has 0 amide bonds.